The Bertz CT molecular complexity index is 1620. The summed E-state index contributed by atoms with van der Waals surface area (Å²) < 4.78 is 23.8. The standard InChI is InChI=1S/C33H39N5O8/c1-37-18-21(14-25(37)33(42)44-3)36-31(40)29-13-19-12-20(8-9-26(19)46-29)35-30(39)7-5-11-45-28-16-24-23(15-27(28)43-2)32(41)38-10-4-6-22(38)17-34-24/h12-14,16-18,22-24,27H,4-11,15H2,1-3H3,(H,35,39)(H,36,40)/t22-,23?,24?,27?/m0/s1. The van der Waals surface area contributed by atoms with Crippen molar-refractivity contribution < 1.29 is 37.8 Å². The van der Waals surface area contributed by atoms with Crippen molar-refractivity contribution in [2.24, 2.45) is 18.0 Å². The molecule has 46 heavy (non-hydrogen) atoms. The molecule has 4 atom stereocenters. The number of aliphatic imine (C=N–C) groups is 1. The number of fused-ring (bicyclic) bond motifs is 3. The molecule has 0 bridgehead atoms. The third-order valence-electron chi connectivity index (χ3n) is 8.94. The number of ether oxygens (including phenoxy) is 3. The van der Waals surface area contributed by atoms with Gasteiger partial charge < -0.3 is 38.7 Å². The van der Waals surface area contributed by atoms with E-state index in [0.717, 1.165) is 30.6 Å². The summed E-state index contributed by atoms with van der Waals surface area (Å²) in [5.74, 6) is 0.250. The fraction of sp³-hybridized carbons (Fsp3) is 0.485. The van der Waals surface area contributed by atoms with Crippen LogP contribution in [-0.2, 0) is 37.3 Å². The van der Waals surface area contributed by atoms with E-state index in [0.29, 0.717) is 55.2 Å². The topological polar surface area (TPSA) is 154 Å². The molecule has 13 heteroatoms. The van der Waals surface area contributed by atoms with Gasteiger partial charge in [-0.2, -0.15) is 0 Å². The van der Waals surface area contributed by atoms with E-state index in [-0.39, 0.29) is 48.1 Å². The Hall–Kier alpha value is -4.65. The second-order valence-corrected chi connectivity index (χ2v) is 12.0. The van der Waals surface area contributed by atoms with Crippen molar-refractivity contribution in [1.82, 2.24) is 14.8 Å². The largest absolute Gasteiger partial charge is 0.495 e. The Labute approximate surface area is 266 Å². The first-order valence-corrected chi connectivity index (χ1v) is 15.6. The molecule has 2 aromatic rings. The molecule has 1 fully saturated rings. The second kappa shape index (κ2) is 13.4. The molecule has 2 aliphatic heterocycles. The zero-order chi connectivity index (χ0) is 32.4. The van der Waals surface area contributed by atoms with Crippen LogP contribution in [0.3, 0.4) is 0 Å². The maximum Gasteiger partial charge on any atom is 0.354 e. The molecule has 0 spiro atoms. The minimum atomic E-state index is -0.507. The average molecular weight is 634 g/mol. The van der Waals surface area contributed by atoms with Gasteiger partial charge in [-0.3, -0.25) is 19.4 Å². The molecule has 0 saturated carbocycles. The molecule has 2 aliphatic carbocycles. The lowest BCUT2D eigenvalue weighted by Crippen LogP contribution is -2.44. The fourth-order valence-electron chi connectivity index (χ4n) is 6.53. The summed E-state index contributed by atoms with van der Waals surface area (Å²) in [5, 5.41) is 5.70. The first-order valence-electron chi connectivity index (χ1n) is 15.6. The number of carbonyl (C=O) groups is 4. The normalized spacial score (nSPS) is 23.4. The number of allylic oxidation sites excluding steroid dienone is 1. The maximum absolute atomic E-state index is 13.2. The monoisotopic (exact) mass is 633 g/mol. The molecule has 2 aromatic heterocycles. The smallest absolute Gasteiger partial charge is 0.354 e. The van der Waals surface area contributed by atoms with Crippen LogP contribution in [0.5, 0.6) is 0 Å². The highest BCUT2D eigenvalue weighted by molar-refractivity contribution is 6.03. The van der Waals surface area contributed by atoms with Gasteiger partial charge in [-0.15, -0.1) is 0 Å². The Kier molecular flexibility index (Phi) is 9.11. The minimum absolute atomic E-state index is 0.0835. The van der Waals surface area contributed by atoms with E-state index in [9.17, 15) is 19.2 Å². The van der Waals surface area contributed by atoms with Crippen molar-refractivity contribution in [3.05, 3.63) is 58.6 Å². The van der Waals surface area contributed by atoms with E-state index in [4.69, 9.17) is 23.6 Å². The lowest BCUT2D eigenvalue weighted by molar-refractivity contribution is -0.137. The SMILES string of the molecule is COC(=O)c1cc(NC(=O)c2cc3c(o2)CCC(NC(=O)CCCOC2=CC4N=C[C@@H]5CCCN5C(=O)C4CC2OC)=C3)cn1C. The highest BCUT2D eigenvalue weighted by Gasteiger charge is 2.43. The summed E-state index contributed by atoms with van der Waals surface area (Å²) in [6, 6.07) is 2.98. The summed E-state index contributed by atoms with van der Waals surface area (Å²) in [6.07, 6.45) is 11.2. The van der Waals surface area contributed by atoms with E-state index in [2.05, 4.69) is 10.6 Å². The molecule has 4 aliphatic rings. The second-order valence-electron chi connectivity index (χ2n) is 12.0. The molecule has 0 aromatic carbocycles. The van der Waals surface area contributed by atoms with E-state index >= 15 is 0 Å². The number of aryl methyl sites for hydroxylation is 2. The van der Waals surface area contributed by atoms with Gasteiger partial charge in [-0.25, -0.2) is 4.79 Å². The van der Waals surface area contributed by atoms with Gasteiger partial charge >= 0.3 is 5.97 Å². The first kappa shape index (κ1) is 31.3. The predicted molar refractivity (Wildman–Crippen MR) is 167 cm³/mol. The molecule has 3 amide bonds. The van der Waals surface area contributed by atoms with Crippen molar-refractivity contribution >= 4 is 41.7 Å². The van der Waals surface area contributed by atoms with Crippen molar-refractivity contribution in [1.29, 1.82) is 0 Å². The maximum atomic E-state index is 13.2. The van der Waals surface area contributed by atoms with Gasteiger partial charge in [0.2, 0.25) is 11.8 Å². The highest BCUT2D eigenvalue weighted by Crippen LogP contribution is 2.34. The van der Waals surface area contributed by atoms with Crippen LogP contribution >= 0.6 is 0 Å². The Balaban J connectivity index is 0.991. The third kappa shape index (κ3) is 6.50. The molecule has 0 radical (unpaired) electrons. The van der Waals surface area contributed by atoms with Gasteiger partial charge in [0.15, 0.2) is 5.76 Å². The summed E-state index contributed by atoms with van der Waals surface area (Å²) in [4.78, 5) is 57.3. The first-order chi connectivity index (χ1) is 22.2. The van der Waals surface area contributed by atoms with Crippen LogP contribution in [0, 0.1) is 5.92 Å². The van der Waals surface area contributed by atoms with Crippen molar-refractivity contribution in [3.63, 3.8) is 0 Å². The van der Waals surface area contributed by atoms with E-state index in [1.165, 1.54) is 13.2 Å². The summed E-state index contributed by atoms with van der Waals surface area (Å²) in [6.45, 7) is 1.11. The van der Waals surface area contributed by atoms with Crippen LogP contribution in [0.1, 0.15) is 70.9 Å². The average Bonchev–Trinajstić information content (AvgIpc) is 3.77. The zero-order valence-electron chi connectivity index (χ0n) is 26.2. The summed E-state index contributed by atoms with van der Waals surface area (Å²) in [7, 11) is 4.59. The Morgan fingerprint density at radius 1 is 1.15 bits per heavy atom. The molecule has 3 unspecified atom stereocenters. The van der Waals surface area contributed by atoms with Crippen molar-refractivity contribution in [2.45, 2.75) is 63.1 Å². The quantitative estimate of drug-likeness (QED) is 0.299. The molecular weight excluding hydrogens is 594 g/mol. The van der Waals surface area contributed by atoms with Gasteiger partial charge in [0, 0.05) is 57.2 Å². The molecular formula is C33H39N5O8. The number of hydrogen-bond donors (Lipinski definition) is 2. The molecule has 2 N–H and O–H groups in total. The third-order valence-corrected chi connectivity index (χ3v) is 8.94. The van der Waals surface area contributed by atoms with Crippen LogP contribution in [0.25, 0.3) is 6.08 Å². The van der Waals surface area contributed by atoms with E-state index in [1.807, 2.05) is 23.3 Å². The van der Waals surface area contributed by atoms with Crippen LogP contribution in [0.15, 0.2) is 45.3 Å². The number of hydrogen-bond acceptors (Lipinski definition) is 9. The van der Waals surface area contributed by atoms with E-state index in [1.54, 1.807) is 31.0 Å². The summed E-state index contributed by atoms with van der Waals surface area (Å²) >= 11 is 0. The van der Waals surface area contributed by atoms with Crippen LogP contribution in [-0.4, -0.2) is 84.9 Å². The molecule has 1 saturated heterocycles. The number of methoxy groups -OCH3 is 2. The number of furan rings is 1. The van der Waals surface area contributed by atoms with Crippen LogP contribution < -0.4 is 10.6 Å². The molecule has 13 nitrogen and oxygen atoms in total. The summed E-state index contributed by atoms with van der Waals surface area (Å²) in [5.41, 5.74) is 2.21. The molecule has 244 valence electrons. The Morgan fingerprint density at radius 2 is 2.00 bits per heavy atom. The van der Waals surface area contributed by atoms with Gasteiger partial charge in [0.1, 0.15) is 23.3 Å². The van der Waals surface area contributed by atoms with Gasteiger partial charge in [-0.1, -0.05) is 0 Å². The highest BCUT2D eigenvalue weighted by atomic mass is 16.5. The van der Waals surface area contributed by atoms with Gasteiger partial charge in [0.25, 0.3) is 5.91 Å². The minimum Gasteiger partial charge on any atom is -0.495 e. The lowest BCUT2D eigenvalue weighted by atomic mass is 9.86. The number of aromatic nitrogens is 1. The predicted octanol–water partition coefficient (Wildman–Crippen LogP) is 3.22. The number of esters is 1. The number of nitrogens with zero attached hydrogens (tertiary/aromatic N) is 3. The van der Waals surface area contributed by atoms with Gasteiger partial charge in [-0.05, 0) is 56.4 Å². The fourth-order valence-corrected chi connectivity index (χ4v) is 6.53. The lowest BCUT2D eigenvalue weighted by Gasteiger charge is -2.33. The number of rotatable bonds is 10. The van der Waals surface area contributed by atoms with Gasteiger partial charge in [0.05, 0.1) is 37.4 Å². The number of carbonyl (C=O) groups excluding carboxylic acids is 4. The molecule has 6 rings (SSSR count). The van der Waals surface area contributed by atoms with Crippen molar-refractivity contribution in [2.75, 3.05) is 32.7 Å². The van der Waals surface area contributed by atoms with E-state index < -0.39 is 11.9 Å². The van der Waals surface area contributed by atoms with Crippen LogP contribution in [0.4, 0.5) is 5.69 Å². The number of anilines is 1. The van der Waals surface area contributed by atoms with Crippen LogP contribution in [0.2, 0.25) is 0 Å². The number of amides is 3. The number of nitrogens with one attached hydrogen (secondary N) is 2. The Morgan fingerprint density at radius 3 is 2.80 bits per heavy atom. The van der Waals surface area contributed by atoms with Crippen molar-refractivity contribution in [3.8, 4) is 0 Å². The zero-order valence-corrected chi connectivity index (χ0v) is 26.2. The molecule has 4 heterocycles.